The first-order valence-electron chi connectivity index (χ1n) is 11.4. The van der Waals surface area contributed by atoms with E-state index in [1.165, 1.54) is 5.56 Å². The number of piperidine rings is 1. The fourth-order valence-electron chi connectivity index (χ4n) is 4.66. The molecule has 2 aliphatic heterocycles. The zero-order valence-corrected chi connectivity index (χ0v) is 18.8. The number of carbonyl (C=O) groups is 2. The predicted octanol–water partition coefficient (Wildman–Crippen LogP) is 3.67. The smallest absolute Gasteiger partial charge is 0.228 e. The molecule has 164 valence electrons. The van der Waals surface area contributed by atoms with E-state index in [9.17, 15) is 9.59 Å². The molecule has 0 spiro atoms. The average molecular weight is 421 g/mol. The van der Waals surface area contributed by atoms with E-state index in [0.29, 0.717) is 25.9 Å². The molecule has 31 heavy (non-hydrogen) atoms. The summed E-state index contributed by atoms with van der Waals surface area (Å²) < 4.78 is 0. The zero-order chi connectivity index (χ0) is 22.0. The third-order valence-corrected chi connectivity index (χ3v) is 6.41. The summed E-state index contributed by atoms with van der Waals surface area (Å²) >= 11 is 0. The van der Waals surface area contributed by atoms with Crippen LogP contribution in [-0.2, 0) is 22.4 Å². The molecule has 0 aliphatic carbocycles. The Hall–Kier alpha value is -2.76. The van der Waals surface area contributed by atoms with Crippen molar-refractivity contribution in [1.82, 2.24) is 14.9 Å². The Balaban J connectivity index is 1.59. The third-order valence-electron chi connectivity index (χ3n) is 6.41. The first-order valence-corrected chi connectivity index (χ1v) is 11.4. The molecule has 3 heterocycles. The van der Waals surface area contributed by atoms with Gasteiger partial charge in [-0.1, -0.05) is 44.2 Å². The minimum Gasteiger partial charge on any atom is -0.342 e. The van der Waals surface area contributed by atoms with Crippen molar-refractivity contribution in [3.05, 3.63) is 53.0 Å². The van der Waals surface area contributed by atoms with Gasteiger partial charge in [0.1, 0.15) is 11.6 Å². The van der Waals surface area contributed by atoms with E-state index in [2.05, 4.69) is 12.1 Å². The van der Waals surface area contributed by atoms with Gasteiger partial charge in [-0.25, -0.2) is 9.97 Å². The van der Waals surface area contributed by atoms with Crippen LogP contribution in [0.1, 0.15) is 61.7 Å². The Morgan fingerprint density at radius 3 is 2.68 bits per heavy atom. The van der Waals surface area contributed by atoms with E-state index in [0.717, 1.165) is 48.7 Å². The van der Waals surface area contributed by atoms with Gasteiger partial charge in [-0.3, -0.25) is 14.5 Å². The van der Waals surface area contributed by atoms with Gasteiger partial charge in [0.15, 0.2) is 0 Å². The summed E-state index contributed by atoms with van der Waals surface area (Å²) in [6.45, 7) is 8.00. The molecule has 6 heteroatoms. The molecule has 0 saturated carbocycles. The maximum absolute atomic E-state index is 12.8. The third kappa shape index (κ3) is 4.63. The Labute approximate surface area is 184 Å². The van der Waals surface area contributed by atoms with Gasteiger partial charge >= 0.3 is 0 Å². The van der Waals surface area contributed by atoms with E-state index in [1.54, 1.807) is 0 Å². The maximum atomic E-state index is 12.8. The molecule has 2 aromatic rings. The molecule has 2 aliphatic rings. The minimum absolute atomic E-state index is 0.00367. The van der Waals surface area contributed by atoms with E-state index >= 15 is 0 Å². The fourth-order valence-corrected chi connectivity index (χ4v) is 4.66. The van der Waals surface area contributed by atoms with Crippen LogP contribution in [0.3, 0.4) is 0 Å². The summed E-state index contributed by atoms with van der Waals surface area (Å²) in [5.74, 6) is 2.00. The van der Waals surface area contributed by atoms with Crippen molar-refractivity contribution in [3.8, 4) is 0 Å². The molecule has 1 aromatic carbocycles. The van der Waals surface area contributed by atoms with Gasteiger partial charge in [0, 0.05) is 49.1 Å². The maximum Gasteiger partial charge on any atom is 0.228 e. The highest BCUT2D eigenvalue weighted by Crippen LogP contribution is 2.32. The number of nitrogens with zero attached hydrogens (tertiary/aromatic N) is 4. The van der Waals surface area contributed by atoms with E-state index < -0.39 is 0 Å². The first-order chi connectivity index (χ1) is 14.9. The van der Waals surface area contributed by atoms with Crippen molar-refractivity contribution in [3.63, 3.8) is 0 Å². The van der Waals surface area contributed by atoms with E-state index in [1.807, 2.05) is 48.8 Å². The predicted molar refractivity (Wildman–Crippen MR) is 121 cm³/mol. The first kappa shape index (κ1) is 21.5. The van der Waals surface area contributed by atoms with Gasteiger partial charge < -0.3 is 4.90 Å². The number of benzene rings is 1. The number of hydrogen-bond acceptors (Lipinski definition) is 4. The Bertz CT molecular complexity index is 957. The lowest BCUT2D eigenvalue weighted by atomic mass is 9.95. The quantitative estimate of drug-likeness (QED) is 0.740. The number of anilines is 1. The molecule has 2 amide bonds. The van der Waals surface area contributed by atoms with Crippen LogP contribution < -0.4 is 4.90 Å². The van der Waals surface area contributed by atoms with Gasteiger partial charge in [0.2, 0.25) is 11.8 Å². The molecule has 1 fully saturated rings. The second kappa shape index (κ2) is 9.16. The molecule has 1 aromatic heterocycles. The normalized spacial score (nSPS) is 19.0. The number of aryl methyl sites for hydroxylation is 1. The SMILES string of the molecule is Cc1nc([C@H]2CCCN(C(=O)C(C)C)C2)nc2c1CCC(=O)N2CCc1ccccc1. The Morgan fingerprint density at radius 1 is 1.16 bits per heavy atom. The van der Waals surface area contributed by atoms with Crippen LogP contribution in [0, 0.1) is 12.8 Å². The highest BCUT2D eigenvalue weighted by molar-refractivity contribution is 5.95. The van der Waals surface area contributed by atoms with E-state index in [4.69, 9.17) is 9.97 Å². The topological polar surface area (TPSA) is 66.4 Å². The van der Waals surface area contributed by atoms with Crippen LogP contribution in [0.2, 0.25) is 0 Å². The van der Waals surface area contributed by atoms with Gasteiger partial charge in [-0.15, -0.1) is 0 Å². The number of rotatable bonds is 5. The van der Waals surface area contributed by atoms with Crippen molar-refractivity contribution in [2.24, 2.45) is 5.92 Å². The van der Waals surface area contributed by atoms with Crippen molar-refractivity contribution in [1.29, 1.82) is 0 Å². The summed E-state index contributed by atoms with van der Waals surface area (Å²) in [7, 11) is 0. The van der Waals surface area contributed by atoms with Crippen LogP contribution in [0.25, 0.3) is 0 Å². The average Bonchev–Trinajstić information content (AvgIpc) is 2.78. The number of aromatic nitrogens is 2. The molecular weight excluding hydrogens is 388 g/mol. The minimum atomic E-state index is -0.00367. The number of hydrogen-bond donors (Lipinski definition) is 0. The molecule has 1 atom stereocenters. The summed E-state index contributed by atoms with van der Waals surface area (Å²) in [5.41, 5.74) is 3.26. The molecular formula is C25H32N4O2. The van der Waals surface area contributed by atoms with Gasteiger partial charge in [-0.05, 0) is 38.2 Å². The summed E-state index contributed by atoms with van der Waals surface area (Å²) in [5, 5.41) is 0. The monoisotopic (exact) mass is 420 g/mol. The largest absolute Gasteiger partial charge is 0.342 e. The number of carbonyl (C=O) groups excluding carboxylic acids is 2. The summed E-state index contributed by atoms with van der Waals surface area (Å²) in [4.78, 5) is 38.9. The molecule has 0 radical (unpaired) electrons. The van der Waals surface area contributed by atoms with Crippen molar-refractivity contribution in [2.45, 2.75) is 58.8 Å². The standard InChI is InChI=1S/C25H32N4O2/c1-17(2)25(31)28-14-7-10-20(16-28)23-26-18(3)21-11-12-22(30)29(24(21)27-23)15-13-19-8-5-4-6-9-19/h4-6,8-9,17,20H,7,10-16H2,1-3H3/t20-/m0/s1. The van der Waals surface area contributed by atoms with Crippen LogP contribution in [0.4, 0.5) is 5.82 Å². The van der Waals surface area contributed by atoms with Gasteiger partial charge in [0.25, 0.3) is 0 Å². The highest BCUT2D eigenvalue weighted by atomic mass is 16.2. The number of fused-ring (bicyclic) bond motifs is 1. The van der Waals surface area contributed by atoms with Gasteiger partial charge in [0.05, 0.1) is 0 Å². The van der Waals surface area contributed by atoms with Crippen LogP contribution in [0.15, 0.2) is 30.3 Å². The Kier molecular flexibility index (Phi) is 6.35. The second-order valence-electron chi connectivity index (χ2n) is 9.03. The molecule has 0 bridgehead atoms. The lowest BCUT2D eigenvalue weighted by Crippen LogP contribution is -2.42. The van der Waals surface area contributed by atoms with E-state index in [-0.39, 0.29) is 23.7 Å². The van der Waals surface area contributed by atoms with Crippen LogP contribution >= 0.6 is 0 Å². The Morgan fingerprint density at radius 2 is 1.94 bits per heavy atom. The number of amides is 2. The van der Waals surface area contributed by atoms with Crippen molar-refractivity contribution >= 4 is 17.6 Å². The molecule has 1 saturated heterocycles. The molecule has 0 unspecified atom stereocenters. The molecule has 6 nitrogen and oxygen atoms in total. The summed E-state index contributed by atoms with van der Waals surface area (Å²) in [6.07, 6.45) is 3.93. The van der Waals surface area contributed by atoms with Crippen molar-refractivity contribution in [2.75, 3.05) is 24.5 Å². The second-order valence-corrected chi connectivity index (χ2v) is 9.03. The lowest BCUT2D eigenvalue weighted by Gasteiger charge is -2.34. The molecule has 4 rings (SSSR count). The number of likely N-dealkylation sites (tertiary alicyclic amines) is 1. The van der Waals surface area contributed by atoms with Crippen molar-refractivity contribution < 1.29 is 9.59 Å². The van der Waals surface area contributed by atoms with Crippen LogP contribution in [0.5, 0.6) is 0 Å². The van der Waals surface area contributed by atoms with Crippen LogP contribution in [-0.4, -0.2) is 46.3 Å². The lowest BCUT2D eigenvalue weighted by molar-refractivity contribution is -0.135. The highest BCUT2D eigenvalue weighted by Gasteiger charge is 2.32. The molecule has 0 N–H and O–H groups in total. The fraction of sp³-hybridized carbons (Fsp3) is 0.520. The summed E-state index contributed by atoms with van der Waals surface area (Å²) in [6, 6.07) is 10.2. The zero-order valence-electron chi connectivity index (χ0n) is 18.8. The van der Waals surface area contributed by atoms with Gasteiger partial charge in [-0.2, -0.15) is 0 Å².